The number of methoxy groups -OCH3 is 2. The number of pyridine rings is 2. The van der Waals surface area contributed by atoms with Gasteiger partial charge in [0, 0.05) is 59.7 Å². The number of rotatable bonds is 10. The minimum Gasteiger partial charge on any atom is -0.497 e. The molecule has 0 amide bonds. The summed E-state index contributed by atoms with van der Waals surface area (Å²) in [5.74, 6) is 1.67. The number of aromatic nitrogens is 2. The zero-order valence-electron chi connectivity index (χ0n) is 20.6. The molecule has 0 aliphatic carbocycles. The number of ether oxygens (including phenoxy) is 2. The SMILES string of the molecule is COc1ccc2nc(C)cc(NCCN(C)CCNc3cc(C)nc4ccc(OC)cc34)c2c1. The van der Waals surface area contributed by atoms with Crippen LogP contribution < -0.4 is 20.1 Å². The second-order valence-corrected chi connectivity index (χ2v) is 8.55. The highest BCUT2D eigenvalue weighted by Crippen LogP contribution is 2.28. The van der Waals surface area contributed by atoms with Crippen LogP contribution in [0.4, 0.5) is 11.4 Å². The first-order valence-electron chi connectivity index (χ1n) is 11.5. The van der Waals surface area contributed by atoms with E-state index in [2.05, 4.69) is 44.7 Å². The summed E-state index contributed by atoms with van der Waals surface area (Å²) in [6.07, 6.45) is 0. The first kappa shape index (κ1) is 23.6. The Morgan fingerprint density at radius 1 is 0.706 bits per heavy atom. The maximum atomic E-state index is 5.40. The van der Waals surface area contributed by atoms with Crippen molar-refractivity contribution in [3.63, 3.8) is 0 Å². The molecule has 0 bridgehead atoms. The van der Waals surface area contributed by atoms with Crippen molar-refractivity contribution in [1.29, 1.82) is 0 Å². The number of likely N-dealkylation sites (N-methyl/N-ethyl adjacent to an activating group) is 1. The maximum absolute atomic E-state index is 5.40. The summed E-state index contributed by atoms with van der Waals surface area (Å²) in [4.78, 5) is 11.6. The van der Waals surface area contributed by atoms with Crippen LogP contribution in [0.2, 0.25) is 0 Å². The molecular weight excluding hydrogens is 426 g/mol. The minimum atomic E-state index is 0.834. The van der Waals surface area contributed by atoms with Gasteiger partial charge in [-0.25, -0.2) is 0 Å². The Balaban J connectivity index is 1.34. The molecule has 2 aromatic carbocycles. The molecule has 0 radical (unpaired) electrons. The van der Waals surface area contributed by atoms with Crippen LogP contribution in [0.1, 0.15) is 11.4 Å². The number of nitrogens with zero attached hydrogens (tertiary/aromatic N) is 3. The van der Waals surface area contributed by atoms with Crippen LogP contribution in [-0.4, -0.2) is 62.3 Å². The van der Waals surface area contributed by atoms with Crippen LogP contribution in [0.25, 0.3) is 21.8 Å². The predicted octanol–water partition coefficient (Wildman–Crippen LogP) is 4.87. The molecule has 0 atom stereocenters. The van der Waals surface area contributed by atoms with Gasteiger partial charge in [0.25, 0.3) is 0 Å². The molecule has 2 N–H and O–H groups in total. The molecule has 0 spiro atoms. The van der Waals surface area contributed by atoms with Gasteiger partial charge in [0.15, 0.2) is 0 Å². The smallest absolute Gasteiger partial charge is 0.119 e. The van der Waals surface area contributed by atoms with E-state index in [-0.39, 0.29) is 0 Å². The van der Waals surface area contributed by atoms with E-state index < -0.39 is 0 Å². The molecule has 34 heavy (non-hydrogen) atoms. The molecule has 2 aromatic heterocycles. The zero-order valence-corrected chi connectivity index (χ0v) is 20.6. The van der Waals surface area contributed by atoms with E-state index in [9.17, 15) is 0 Å². The number of nitrogens with one attached hydrogen (secondary N) is 2. The van der Waals surface area contributed by atoms with Crippen LogP contribution >= 0.6 is 0 Å². The summed E-state index contributed by atoms with van der Waals surface area (Å²) >= 11 is 0. The fourth-order valence-electron chi connectivity index (χ4n) is 4.10. The molecule has 7 nitrogen and oxygen atoms in total. The van der Waals surface area contributed by atoms with Crippen LogP contribution in [0, 0.1) is 13.8 Å². The van der Waals surface area contributed by atoms with Crippen molar-refractivity contribution in [3.8, 4) is 11.5 Å². The van der Waals surface area contributed by atoms with Gasteiger partial charge in [-0.05, 0) is 69.4 Å². The number of anilines is 2. The molecule has 0 aliphatic rings. The van der Waals surface area contributed by atoms with Gasteiger partial charge < -0.3 is 25.0 Å². The zero-order chi connectivity index (χ0) is 24.1. The van der Waals surface area contributed by atoms with Crippen LogP contribution in [0.5, 0.6) is 11.5 Å². The molecule has 178 valence electrons. The average molecular weight is 460 g/mol. The lowest BCUT2D eigenvalue weighted by Gasteiger charge is -2.19. The molecule has 4 aromatic rings. The number of benzene rings is 2. The molecule has 0 fully saturated rings. The quantitative estimate of drug-likeness (QED) is 0.350. The van der Waals surface area contributed by atoms with Gasteiger partial charge >= 0.3 is 0 Å². The van der Waals surface area contributed by atoms with Crippen LogP contribution in [0.3, 0.4) is 0 Å². The summed E-state index contributed by atoms with van der Waals surface area (Å²) < 4.78 is 10.8. The first-order chi connectivity index (χ1) is 16.5. The van der Waals surface area contributed by atoms with Gasteiger partial charge in [0.05, 0.1) is 25.3 Å². The molecule has 0 saturated heterocycles. The van der Waals surface area contributed by atoms with Gasteiger partial charge in [0.1, 0.15) is 11.5 Å². The van der Waals surface area contributed by atoms with Gasteiger partial charge in [-0.3, -0.25) is 9.97 Å². The molecular formula is C27H33N5O2. The number of aryl methyl sites for hydroxylation is 2. The normalized spacial score (nSPS) is 11.2. The second kappa shape index (κ2) is 10.6. The van der Waals surface area contributed by atoms with Gasteiger partial charge in [-0.1, -0.05) is 0 Å². The largest absolute Gasteiger partial charge is 0.497 e. The van der Waals surface area contributed by atoms with Crippen molar-refractivity contribution in [2.75, 3.05) is 58.1 Å². The Labute approximate surface area is 201 Å². The third-order valence-electron chi connectivity index (χ3n) is 5.91. The third kappa shape index (κ3) is 5.48. The highest BCUT2D eigenvalue weighted by molar-refractivity contribution is 5.93. The third-order valence-corrected chi connectivity index (χ3v) is 5.91. The number of fused-ring (bicyclic) bond motifs is 2. The van der Waals surface area contributed by atoms with E-state index in [1.165, 1.54) is 0 Å². The van der Waals surface area contributed by atoms with E-state index in [0.717, 1.165) is 82.2 Å². The lowest BCUT2D eigenvalue weighted by molar-refractivity contribution is 0.361. The van der Waals surface area contributed by atoms with Gasteiger partial charge in [-0.15, -0.1) is 0 Å². The van der Waals surface area contributed by atoms with Crippen molar-refractivity contribution >= 4 is 33.2 Å². The number of hydrogen-bond donors (Lipinski definition) is 2. The van der Waals surface area contributed by atoms with E-state index in [4.69, 9.17) is 9.47 Å². The number of hydrogen-bond acceptors (Lipinski definition) is 7. The second-order valence-electron chi connectivity index (χ2n) is 8.55. The van der Waals surface area contributed by atoms with Crippen molar-refractivity contribution in [2.45, 2.75) is 13.8 Å². The van der Waals surface area contributed by atoms with Crippen LogP contribution in [0.15, 0.2) is 48.5 Å². The fraction of sp³-hybridized carbons (Fsp3) is 0.333. The lowest BCUT2D eigenvalue weighted by atomic mass is 10.1. The Morgan fingerprint density at radius 3 is 1.56 bits per heavy atom. The topological polar surface area (TPSA) is 71.5 Å². The monoisotopic (exact) mass is 459 g/mol. The van der Waals surface area contributed by atoms with Crippen LogP contribution in [-0.2, 0) is 0 Å². The summed E-state index contributed by atoms with van der Waals surface area (Å²) in [5.41, 5.74) is 6.10. The Hall–Kier alpha value is -3.58. The lowest BCUT2D eigenvalue weighted by Crippen LogP contribution is -2.29. The Kier molecular flexibility index (Phi) is 7.33. The summed E-state index contributed by atoms with van der Waals surface area (Å²) in [6.45, 7) is 7.54. The molecule has 7 heteroatoms. The van der Waals surface area contributed by atoms with E-state index in [0.29, 0.717) is 0 Å². The van der Waals surface area contributed by atoms with E-state index in [1.807, 2.05) is 50.2 Å². The maximum Gasteiger partial charge on any atom is 0.119 e. The minimum absolute atomic E-state index is 0.834. The van der Waals surface area contributed by atoms with Crippen molar-refractivity contribution in [3.05, 3.63) is 59.9 Å². The van der Waals surface area contributed by atoms with E-state index >= 15 is 0 Å². The van der Waals surface area contributed by atoms with E-state index in [1.54, 1.807) is 14.2 Å². The molecule has 0 aliphatic heterocycles. The van der Waals surface area contributed by atoms with Crippen molar-refractivity contribution in [2.24, 2.45) is 0 Å². The highest BCUT2D eigenvalue weighted by atomic mass is 16.5. The average Bonchev–Trinajstić information content (AvgIpc) is 2.83. The van der Waals surface area contributed by atoms with Crippen molar-refractivity contribution < 1.29 is 9.47 Å². The Morgan fingerprint density at radius 2 is 1.15 bits per heavy atom. The Bertz CT molecular complexity index is 1190. The standard InChI is InChI=1S/C27H33N5O2/c1-18-14-26(22-16-20(33-4)6-8-24(22)30-18)28-10-12-32(3)13-11-29-27-15-19(2)31-25-9-7-21(34-5)17-23(25)27/h6-9,14-17H,10-13H2,1-5H3,(H,28,30)(H,29,31). The van der Waals surface area contributed by atoms with Gasteiger partial charge in [0.2, 0.25) is 0 Å². The summed E-state index contributed by atoms with van der Waals surface area (Å²) in [5, 5.41) is 9.31. The fourth-order valence-corrected chi connectivity index (χ4v) is 4.10. The molecule has 0 unspecified atom stereocenters. The summed E-state index contributed by atoms with van der Waals surface area (Å²) in [7, 11) is 5.51. The molecule has 2 heterocycles. The summed E-state index contributed by atoms with van der Waals surface area (Å²) in [6, 6.07) is 16.2. The molecule has 4 rings (SSSR count). The van der Waals surface area contributed by atoms with Crippen molar-refractivity contribution in [1.82, 2.24) is 14.9 Å². The first-order valence-corrected chi connectivity index (χ1v) is 11.5. The molecule has 0 saturated carbocycles. The van der Waals surface area contributed by atoms with Gasteiger partial charge in [-0.2, -0.15) is 0 Å². The highest BCUT2D eigenvalue weighted by Gasteiger charge is 2.08. The predicted molar refractivity (Wildman–Crippen MR) is 141 cm³/mol.